The molecule has 0 N–H and O–H groups in total. The molecule has 0 saturated carbocycles. The fourth-order valence-corrected chi connectivity index (χ4v) is 3.31. The Hall–Kier alpha value is -2.47. The van der Waals surface area contributed by atoms with Crippen LogP contribution in [-0.4, -0.2) is 32.6 Å². The van der Waals surface area contributed by atoms with Crippen LogP contribution in [0.4, 0.5) is 0 Å². The first-order valence-corrected chi connectivity index (χ1v) is 8.68. The Kier molecular flexibility index (Phi) is 4.76. The molecule has 2 heterocycles. The Morgan fingerprint density at radius 1 is 1.33 bits per heavy atom. The van der Waals surface area contributed by atoms with Crippen molar-refractivity contribution in [2.24, 2.45) is 0 Å². The van der Waals surface area contributed by atoms with E-state index in [0.717, 1.165) is 21.8 Å². The third kappa shape index (κ3) is 3.54. The van der Waals surface area contributed by atoms with Gasteiger partial charge in [-0.25, -0.2) is 4.98 Å². The number of rotatable bonds is 5. The molecule has 0 saturated heterocycles. The van der Waals surface area contributed by atoms with E-state index < -0.39 is 0 Å². The molecule has 3 aromatic rings. The number of aromatic nitrogens is 3. The number of hydrogen-bond acceptors (Lipinski definition) is 4. The van der Waals surface area contributed by atoms with E-state index in [0.29, 0.717) is 6.54 Å². The molecule has 5 nitrogen and oxygen atoms in total. The Bertz CT molecular complexity index is 824. The summed E-state index contributed by atoms with van der Waals surface area (Å²) in [6, 6.07) is 9.75. The standard InChI is InChI=1S/C18H20N4OS/c1-13-9-19-22(10-13)14(2)18(23)21(3)11-16-12-24-17(20-16)15-7-5-4-6-8-15/h4-10,12,14H,11H2,1-3H3/t14-/m1/s1. The van der Waals surface area contributed by atoms with Gasteiger partial charge in [0.1, 0.15) is 11.0 Å². The Labute approximate surface area is 145 Å². The van der Waals surface area contributed by atoms with Crippen molar-refractivity contribution >= 4 is 17.2 Å². The van der Waals surface area contributed by atoms with Crippen LogP contribution in [-0.2, 0) is 11.3 Å². The number of nitrogens with zero attached hydrogens (tertiary/aromatic N) is 4. The SMILES string of the molecule is Cc1cnn([C@H](C)C(=O)N(C)Cc2csc(-c3ccccc3)n2)c1. The van der Waals surface area contributed by atoms with E-state index in [1.807, 2.05) is 55.8 Å². The topological polar surface area (TPSA) is 51.0 Å². The van der Waals surface area contributed by atoms with E-state index in [1.165, 1.54) is 0 Å². The van der Waals surface area contributed by atoms with Gasteiger partial charge >= 0.3 is 0 Å². The van der Waals surface area contributed by atoms with Crippen LogP contribution in [0.3, 0.4) is 0 Å². The molecule has 2 aromatic heterocycles. The van der Waals surface area contributed by atoms with Gasteiger partial charge in [0.2, 0.25) is 5.91 Å². The minimum Gasteiger partial charge on any atom is -0.338 e. The third-order valence-corrected chi connectivity index (χ3v) is 4.77. The molecule has 1 atom stereocenters. The molecule has 0 radical (unpaired) electrons. The summed E-state index contributed by atoms with van der Waals surface area (Å²) < 4.78 is 1.70. The van der Waals surface area contributed by atoms with Gasteiger partial charge in [0.25, 0.3) is 0 Å². The third-order valence-electron chi connectivity index (χ3n) is 3.83. The van der Waals surface area contributed by atoms with Crippen molar-refractivity contribution in [2.75, 3.05) is 7.05 Å². The second-order valence-electron chi connectivity index (χ2n) is 5.88. The molecule has 6 heteroatoms. The molecule has 0 aliphatic carbocycles. The molecule has 3 rings (SSSR count). The predicted molar refractivity (Wildman–Crippen MR) is 95.7 cm³/mol. The average Bonchev–Trinajstić information content (AvgIpc) is 3.23. The Balaban J connectivity index is 1.67. The van der Waals surface area contributed by atoms with Crippen LogP contribution < -0.4 is 0 Å². The summed E-state index contributed by atoms with van der Waals surface area (Å²) in [6.07, 6.45) is 3.64. The number of carbonyl (C=O) groups is 1. The van der Waals surface area contributed by atoms with Gasteiger partial charge in [-0.15, -0.1) is 11.3 Å². The zero-order valence-corrected chi connectivity index (χ0v) is 14.8. The molecule has 0 spiro atoms. The molecule has 0 fully saturated rings. The monoisotopic (exact) mass is 340 g/mol. The van der Waals surface area contributed by atoms with Crippen LogP contribution in [0.15, 0.2) is 48.1 Å². The van der Waals surface area contributed by atoms with Gasteiger partial charge in [0, 0.05) is 24.2 Å². The van der Waals surface area contributed by atoms with E-state index in [-0.39, 0.29) is 11.9 Å². The summed E-state index contributed by atoms with van der Waals surface area (Å²) in [5.74, 6) is 0.0207. The lowest BCUT2D eigenvalue weighted by Gasteiger charge is -2.20. The van der Waals surface area contributed by atoms with E-state index in [1.54, 1.807) is 34.2 Å². The van der Waals surface area contributed by atoms with Crippen LogP contribution in [0.1, 0.15) is 24.2 Å². The predicted octanol–water partition coefficient (Wildman–Crippen LogP) is 3.53. The lowest BCUT2D eigenvalue weighted by atomic mass is 10.2. The molecule has 124 valence electrons. The van der Waals surface area contributed by atoms with E-state index >= 15 is 0 Å². The highest BCUT2D eigenvalue weighted by atomic mass is 32.1. The molecule has 1 amide bonds. The summed E-state index contributed by atoms with van der Waals surface area (Å²) >= 11 is 1.60. The van der Waals surface area contributed by atoms with Crippen LogP contribution in [0.5, 0.6) is 0 Å². The lowest BCUT2D eigenvalue weighted by Crippen LogP contribution is -2.33. The number of likely N-dealkylation sites (N-methyl/N-ethyl adjacent to an activating group) is 1. The number of aryl methyl sites for hydroxylation is 1. The highest BCUT2D eigenvalue weighted by Gasteiger charge is 2.20. The van der Waals surface area contributed by atoms with Gasteiger partial charge in [-0.1, -0.05) is 30.3 Å². The van der Waals surface area contributed by atoms with Crippen molar-refractivity contribution < 1.29 is 4.79 Å². The first kappa shape index (κ1) is 16.4. The van der Waals surface area contributed by atoms with Crippen molar-refractivity contribution in [3.05, 3.63) is 59.4 Å². The lowest BCUT2D eigenvalue weighted by molar-refractivity contribution is -0.133. The molecule has 0 aliphatic heterocycles. The highest BCUT2D eigenvalue weighted by molar-refractivity contribution is 7.13. The Morgan fingerprint density at radius 2 is 2.08 bits per heavy atom. The smallest absolute Gasteiger partial charge is 0.247 e. The molecule has 24 heavy (non-hydrogen) atoms. The molecule has 0 unspecified atom stereocenters. The van der Waals surface area contributed by atoms with Crippen LogP contribution in [0.25, 0.3) is 10.6 Å². The minimum absolute atomic E-state index is 0.0207. The van der Waals surface area contributed by atoms with E-state index in [4.69, 9.17) is 0 Å². The normalized spacial score (nSPS) is 12.1. The number of benzene rings is 1. The number of amides is 1. The van der Waals surface area contributed by atoms with Gasteiger partial charge in [0.05, 0.1) is 18.4 Å². The molecule has 0 aliphatic rings. The second kappa shape index (κ2) is 6.97. The minimum atomic E-state index is -0.323. The van der Waals surface area contributed by atoms with Crippen molar-refractivity contribution in [1.29, 1.82) is 0 Å². The molecule has 0 bridgehead atoms. The van der Waals surface area contributed by atoms with E-state index in [9.17, 15) is 4.79 Å². The number of thiazole rings is 1. The molecular weight excluding hydrogens is 320 g/mol. The van der Waals surface area contributed by atoms with E-state index in [2.05, 4.69) is 10.1 Å². The summed E-state index contributed by atoms with van der Waals surface area (Å²) in [6.45, 7) is 4.32. The maximum Gasteiger partial charge on any atom is 0.247 e. The molecular formula is C18H20N4OS. The quantitative estimate of drug-likeness (QED) is 0.714. The molecule has 1 aromatic carbocycles. The second-order valence-corrected chi connectivity index (χ2v) is 6.74. The largest absolute Gasteiger partial charge is 0.338 e. The van der Waals surface area contributed by atoms with Crippen molar-refractivity contribution in [2.45, 2.75) is 26.4 Å². The van der Waals surface area contributed by atoms with Gasteiger partial charge in [-0.2, -0.15) is 5.10 Å². The van der Waals surface area contributed by atoms with Crippen LogP contribution >= 0.6 is 11.3 Å². The van der Waals surface area contributed by atoms with Crippen molar-refractivity contribution in [1.82, 2.24) is 19.7 Å². The fraction of sp³-hybridized carbons (Fsp3) is 0.278. The van der Waals surface area contributed by atoms with Gasteiger partial charge in [0.15, 0.2) is 0 Å². The van der Waals surface area contributed by atoms with Crippen molar-refractivity contribution in [3.63, 3.8) is 0 Å². The van der Waals surface area contributed by atoms with Gasteiger partial charge in [-0.05, 0) is 19.4 Å². The summed E-state index contributed by atoms with van der Waals surface area (Å²) in [4.78, 5) is 18.9. The van der Waals surface area contributed by atoms with Crippen LogP contribution in [0, 0.1) is 6.92 Å². The summed E-state index contributed by atoms with van der Waals surface area (Å²) in [5, 5.41) is 7.21. The average molecular weight is 340 g/mol. The zero-order valence-electron chi connectivity index (χ0n) is 14.0. The number of carbonyl (C=O) groups excluding carboxylic acids is 1. The maximum absolute atomic E-state index is 12.6. The highest BCUT2D eigenvalue weighted by Crippen LogP contribution is 2.24. The van der Waals surface area contributed by atoms with Crippen LogP contribution in [0.2, 0.25) is 0 Å². The summed E-state index contributed by atoms with van der Waals surface area (Å²) in [7, 11) is 1.80. The first-order valence-electron chi connectivity index (χ1n) is 7.80. The zero-order chi connectivity index (χ0) is 17.1. The van der Waals surface area contributed by atoms with Crippen molar-refractivity contribution in [3.8, 4) is 10.6 Å². The maximum atomic E-state index is 12.6. The van der Waals surface area contributed by atoms with Gasteiger partial charge < -0.3 is 4.90 Å². The fourth-order valence-electron chi connectivity index (χ4n) is 2.49. The summed E-state index contributed by atoms with van der Waals surface area (Å²) in [5.41, 5.74) is 3.05. The number of hydrogen-bond donors (Lipinski definition) is 0. The Morgan fingerprint density at radius 3 is 2.75 bits per heavy atom. The van der Waals surface area contributed by atoms with Gasteiger partial charge in [-0.3, -0.25) is 9.48 Å². The first-order chi connectivity index (χ1) is 11.5.